The molecular formula is C23H33N5. The van der Waals surface area contributed by atoms with Crippen LogP contribution in [0.5, 0.6) is 0 Å². The summed E-state index contributed by atoms with van der Waals surface area (Å²) in [5.41, 5.74) is 15.5. The van der Waals surface area contributed by atoms with E-state index in [0.717, 1.165) is 35.1 Å². The molecule has 1 aromatic heterocycles. The summed E-state index contributed by atoms with van der Waals surface area (Å²) < 4.78 is 0. The highest BCUT2D eigenvalue weighted by molar-refractivity contribution is 5.82. The summed E-state index contributed by atoms with van der Waals surface area (Å²) in [6.45, 7) is 9.00. The minimum absolute atomic E-state index is 0.0783. The van der Waals surface area contributed by atoms with Gasteiger partial charge in [-0.2, -0.15) is 0 Å². The van der Waals surface area contributed by atoms with Crippen molar-refractivity contribution >= 4 is 16.6 Å². The van der Waals surface area contributed by atoms with Crippen LogP contribution in [-0.2, 0) is 0 Å². The molecule has 150 valence electrons. The van der Waals surface area contributed by atoms with Gasteiger partial charge in [0, 0.05) is 41.4 Å². The first-order valence-corrected chi connectivity index (χ1v) is 9.87. The number of aromatic nitrogens is 1. The quantitative estimate of drug-likeness (QED) is 0.708. The summed E-state index contributed by atoms with van der Waals surface area (Å²) in [7, 11) is 2.07. The normalized spacial score (nSPS) is 20.3. The molecule has 1 aromatic carbocycles. The molecule has 5 heteroatoms. The van der Waals surface area contributed by atoms with E-state index in [1.807, 2.05) is 36.4 Å². The fourth-order valence-corrected chi connectivity index (χ4v) is 4.40. The van der Waals surface area contributed by atoms with E-state index in [4.69, 9.17) is 11.5 Å². The Kier molecular flexibility index (Phi) is 5.39. The van der Waals surface area contributed by atoms with Gasteiger partial charge < -0.3 is 21.7 Å². The minimum atomic E-state index is 0.0783. The fraction of sp³-hybridized carbons (Fsp3) is 0.435. The summed E-state index contributed by atoms with van der Waals surface area (Å²) in [6.07, 6.45) is 7.67. The van der Waals surface area contributed by atoms with Gasteiger partial charge in [-0.15, -0.1) is 0 Å². The summed E-state index contributed by atoms with van der Waals surface area (Å²) in [5.74, 6) is 0.726. The van der Waals surface area contributed by atoms with E-state index in [-0.39, 0.29) is 11.1 Å². The molecule has 3 rings (SSSR count). The summed E-state index contributed by atoms with van der Waals surface area (Å²) in [6, 6.07) is 10.4. The fourth-order valence-electron chi connectivity index (χ4n) is 4.40. The molecule has 2 aromatic rings. The average molecular weight is 380 g/mol. The molecule has 0 radical (unpaired) electrons. The Morgan fingerprint density at radius 2 is 1.79 bits per heavy atom. The highest BCUT2D eigenvalue weighted by atomic mass is 15.2. The molecule has 0 saturated carbocycles. The lowest BCUT2D eigenvalue weighted by Gasteiger charge is -2.49. The number of fused-ring (bicyclic) bond motifs is 1. The maximum absolute atomic E-state index is 6.40. The molecular weight excluding hydrogens is 346 g/mol. The number of allylic oxidation sites excluding steroid dienone is 2. The zero-order valence-electron chi connectivity index (χ0n) is 17.7. The van der Waals surface area contributed by atoms with Crippen LogP contribution in [-0.4, -0.2) is 34.1 Å². The number of nitrogens with two attached hydrogens (primary N) is 2. The van der Waals surface area contributed by atoms with Crippen molar-refractivity contribution in [2.45, 2.75) is 57.7 Å². The van der Waals surface area contributed by atoms with E-state index < -0.39 is 0 Å². The second-order valence-corrected chi connectivity index (χ2v) is 9.19. The van der Waals surface area contributed by atoms with Crippen LogP contribution >= 0.6 is 0 Å². The first-order valence-electron chi connectivity index (χ1n) is 9.87. The molecule has 5 N–H and O–H groups in total. The number of piperidine rings is 1. The standard InChI is InChI=1S/C23H33N5/c1-22(2)14-18(15-23(3,4)27-22)28(5)21(25)11-9-19(24)16-8-10-20-17(13-16)7-6-12-26-20/h6-13,18,27H,14-15,24-25H2,1-5H3/b19-9-,21-11+. The Bertz CT molecular complexity index is 894. The van der Waals surface area contributed by atoms with Crippen LogP contribution in [0.1, 0.15) is 46.1 Å². The third-order valence-corrected chi connectivity index (χ3v) is 5.49. The van der Waals surface area contributed by atoms with Gasteiger partial charge in [0.25, 0.3) is 0 Å². The molecule has 1 aliphatic rings. The molecule has 1 fully saturated rings. The molecule has 0 amide bonds. The molecule has 0 aliphatic carbocycles. The van der Waals surface area contributed by atoms with Crippen LogP contribution in [0.25, 0.3) is 16.6 Å². The molecule has 28 heavy (non-hydrogen) atoms. The Labute approximate surface area is 168 Å². The van der Waals surface area contributed by atoms with Gasteiger partial charge in [-0.25, -0.2) is 0 Å². The van der Waals surface area contributed by atoms with Gasteiger partial charge in [-0.1, -0.05) is 12.1 Å². The Morgan fingerprint density at radius 1 is 1.11 bits per heavy atom. The van der Waals surface area contributed by atoms with Crippen LogP contribution in [0, 0.1) is 0 Å². The van der Waals surface area contributed by atoms with Gasteiger partial charge in [-0.05, 0) is 76.5 Å². The molecule has 0 spiro atoms. The molecule has 2 heterocycles. The van der Waals surface area contributed by atoms with Gasteiger partial charge in [0.2, 0.25) is 0 Å². The number of benzene rings is 1. The topological polar surface area (TPSA) is 80.2 Å². The van der Waals surface area contributed by atoms with E-state index in [2.05, 4.69) is 56.0 Å². The van der Waals surface area contributed by atoms with E-state index in [1.54, 1.807) is 6.20 Å². The minimum Gasteiger partial charge on any atom is -0.398 e. The van der Waals surface area contributed by atoms with Crippen LogP contribution in [0.4, 0.5) is 0 Å². The molecule has 5 nitrogen and oxygen atoms in total. The molecule has 0 bridgehead atoms. The number of hydrogen-bond acceptors (Lipinski definition) is 5. The number of hydrogen-bond donors (Lipinski definition) is 3. The average Bonchev–Trinajstić information content (AvgIpc) is 2.62. The van der Waals surface area contributed by atoms with Crippen molar-refractivity contribution in [1.29, 1.82) is 0 Å². The Balaban J connectivity index is 1.77. The van der Waals surface area contributed by atoms with Crippen LogP contribution < -0.4 is 16.8 Å². The van der Waals surface area contributed by atoms with Crippen molar-refractivity contribution in [3.63, 3.8) is 0 Å². The van der Waals surface area contributed by atoms with Crippen molar-refractivity contribution in [2.75, 3.05) is 7.05 Å². The van der Waals surface area contributed by atoms with Crippen molar-refractivity contribution < 1.29 is 0 Å². The smallest absolute Gasteiger partial charge is 0.0987 e. The largest absolute Gasteiger partial charge is 0.398 e. The van der Waals surface area contributed by atoms with E-state index >= 15 is 0 Å². The zero-order valence-corrected chi connectivity index (χ0v) is 17.7. The highest BCUT2D eigenvalue weighted by Crippen LogP contribution is 2.31. The van der Waals surface area contributed by atoms with Gasteiger partial charge in [0.1, 0.15) is 0 Å². The second kappa shape index (κ2) is 7.47. The molecule has 0 unspecified atom stereocenters. The van der Waals surface area contributed by atoms with Crippen LogP contribution in [0.3, 0.4) is 0 Å². The maximum atomic E-state index is 6.40. The van der Waals surface area contributed by atoms with Crippen molar-refractivity contribution in [3.05, 3.63) is 60.1 Å². The molecule has 1 aliphatic heterocycles. The van der Waals surface area contributed by atoms with E-state index in [1.165, 1.54) is 0 Å². The zero-order chi connectivity index (χ0) is 20.5. The SMILES string of the molecule is CN(/C(N)=C/C=C(\N)c1ccc2ncccc2c1)C1CC(C)(C)NC(C)(C)C1. The molecule has 0 atom stereocenters. The van der Waals surface area contributed by atoms with Gasteiger partial charge in [0.05, 0.1) is 11.3 Å². The predicted molar refractivity (Wildman–Crippen MR) is 118 cm³/mol. The lowest BCUT2D eigenvalue weighted by molar-refractivity contribution is 0.0981. The number of nitrogens with one attached hydrogen (secondary N) is 1. The number of nitrogens with zero attached hydrogens (tertiary/aromatic N) is 2. The van der Waals surface area contributed by atoms with E-state index in [0.29, 0.717) is 11.7 Å². The lowest BCUT2D eigenvalue weighted by Crippen LogP contribution is -2.61. The van der Waals surface area contributed by atoms with Crippen molar-refractivity contribution in [2.24, 2.45) is 11.5 Å². The third kappa shape index (κ3) is 4.65. The Hall–Kier alpha value is -2.53. The van der Waals surface area contributed by atoms with Gasteiger partial charge in [0.15, 0.2) is 0 Å². The summed E-state index contributed by atoms with van der Waals surface area (Å²) >= 11 is 0. The van der Waals surface area contributed by atoms with Crippen LogP contribution in [0.15, 0.2) is 54.5 Å². The lowest BCUT2D eigenvalue weighted by atomic mass is 9.79. The summed E-state index contributed by atoms with van der Waals surface area (Å²) in [5, 5.41) is 4.79. The van der Waals surface area contributed by atoms with Gasteiger partial charge >= 0.3 is 0 Å². The van der Waals surface area contributed by atoms with Crippen molar-refractivity contribution in [3.8, 4) is 0 Å². The maximum Gasteiger partial charge on any atom is 0.0987 e. The number of pyridine rings is 1. The number of rotatable bonds is 4. The molecule has 1 saturated heterocycles. The monoisotopic (exact) mass is 379 g/mol. The first kappa shape index (κ1) is 20.2. The third-order valence-electron chi connectivity index (χ3n) is 5.49. The second-order valence-electron chi connectivity index (χ2n) is 9.19. The van der Waals surface area contributed by atoms with E-state index in [9.17, 15) is 0 Å². The predicted octanol–water partition coefficient (Wildman–Crippen LogP) is 3.58. The highest BCUT2D eigenvalue weighted by Gasteiger charge is 2.39. The Morgan fingerprint density at radius 3 is 2.46 bits per heavy atom. The van der Waals surface area contributed by atoms with Crippen LogP contribution in [0.2, 0.25) is 0 Å². The summed E-state index contributed by atoms with van der Waals surface area (Å²) in [4.78, 5) is 6.53. The van der Waals surface area contributed by atoms with Crippen molar-refractivity contribution in [1.82, 2.24) is 15.2 Å². The first-order chi connectivity index (χ1) is 13.1. The van der Waals surface area contributed by atoms with Gasteiger partial charge in [-0.3, -0.25) is 4.98 Å².